The number of fused-ring (bicyclic) bond motifs is 1. The van der Waals surface area contributed by atoms with Crippen LogP contribution >= 0.6 is 34.5 Å². The molecule has 0 unspecified atom stereocenters. The molecule has 1 heterocycles. The van der Waals surface area contributed by atoms with Crippen molar-refractivity contribution in [3.63, 3.8) is 0 Å². The molecule has 0 aliphatic carbocycles. The molecule has 3 aromatic rings. The minimum Gasteiger partial charge on any atom is -0.269 e. The number of hydrogen-bond donors (Lipinski definition) is 0. The molecule has 7 heteroatoms. The molecular weight excluding hydrogens is 361 g/mol. The van der Waals surface area contributed by atoms with Crippen molar-refractivity contribution in [3.8, 4) is 0 Å². The van der Waals surface area contributed by atoms with E-state index in [1.165, 1.54) is 17.4 Å². The van der Waals surface area contributed by atoms with Gasteiger partial charge in [-0.25, -0.2) is 8.42 Å². The molecule has 1 aromatic heterocycles. The average Bonchev–Trinajstić information content (AvgIpc) is 2.85. The Balaban J connectivity index is 2.08. The second-order valence-corrected chi connectivity index (χ2v) is 8.92. The lowest BCUT2D eigenvalue weighted by atomic mass is 10.1. The molecule has 0 atom stereocenters. The summed E-state index contributed by atoms with van der Waals surface area (Å²) in [5.74, 6) is 0. The Kier molecular flexibility index (Phi) is 4.07. The molecule has 3 nitrogen and oxygen atoms in total. The Bertz CT molecular complexity index is 951. The highest BCUT2D eigenvalue weighted by molar-refractivity contribution is 7.93. The molecule has 2 aromatic carbocycles. The summed E-state index contributed by atoms with van der Waals surface area (Å²) in [6.45, 7) is 0. The first kappa shape index (κ1) is 15.6. The fraction of sp³-hybridized carbons (Fsp3) is 0.0667. The van der Waals surface area contributed by atoms with Crippen LogP contribution in [0.1, 0.15) is 0 Å². The summed E-state index contributed by atoms with van der Waals surface area (Å²) < 4.78 is 27.1. The van der Waals surface area contributed by atoms with E-state index in [0.717, 1.165) is 22.1 Å². The lowest BCUT2D eigenvalue weighted by molar-refractivity contribution is 0.595. The van der Waals surface area contributed by atoms with Gasteiger partial charge in [0.25, 0.3) is 10.0 Å². The van der Waals surface area contributed by atoms with Gasteiger partial charge in [0.2, 0.25) is 0 Å². The SMILES string of the molecule is CN(c1ccc2ccccc2c1)S(=O)(=O)c1cc(Cl)sc1Cl. The lowest BCUT2D eigenvalue weighted by Gasteiger charge is -2.19. The first-order chi connectivity index (χ1) is 10.4. The van der Waals surface area contributed by atoms with E-state index in [1.54, 1.807) is 6.07 Å². The van der Waals surface area contributed by atoms with Gasteiger partial charge in [-0.1, -0.05) is 53.5 Å². The zero-order chi connectivity index (χ0) is 15.9. The number of rotatable bonds is 3. The van der Waals surface area contributed by atoms with E-state index in [0.29, 0.717) is 10.0 Å². The first-order valence-electron chi connectivity index (χ1n) is 6.32. The fourth-order valence-corrected chi connectivity index (χ4v) is 5.46. The van der Waals surface area contributed by atoms with E-state index in [1.807, 2.05) is 36.4 Å². The van der Waals surface area contributed by atoms with Crippen LogP contribution in [0.4, 0.5) is 5.69 Å². The van der Waals surface area contributed by atoms with Gasteiger partial charge < -0.3 is 0 Å². The summed E-state index contributed by atoms with van der Waals surface area (Å²) in [6, 6.07) is 14.6. The van der Waals surface area contributed by atoms with Crippen molar-refractivity contribution in [2.24, 2.45) is 0 Å². The number of hydrogen-bond acceptors (Lipinski definition) is 3. The highest BCUT2D eigenvalue weighted by atomic mass is 35.5. The molecule has 0 saturated heterocycles. The third-order valence-corrected chi connectivity index (χ3v) is 6.90. The molecule has 0 radical (unpaired) electrons. The number of sulfonamides is 1. The van der Waals surface area contributed by atoms with Crippen LogP contribution in [0.15, 0.2) is 53.4 Å². The van der Waals surface area contributed by atoms with Crippen molar-refractivity contribution >= 4 is 61.0 Å². The molecule has 0 aliphatic rings. The van der Waals surface area contributed by atoms with Crippen molar-refractivity contribution in [3.05, 3.63) is 57.2 Å². The monoisotopic (exact) mass is 371 g/mol. The predicted molar refractivity (Wildman–Crippen MR) is 93.9 cm³/mol. The Morgan fingerprint density at radius 2 is 1.68 bits per heavy atom. The summed E-state index contributed by atoms with van der Waals surface area (Å²) in [5.41, 5.74) is 0.567. The molecule has 0 spiro atoms. The van der Waals surface area contributed by atoms with Crippen LogP contribution in [-0.2, 0) is 10.0 Å². The smallest absolute Gasteiger partial charge is 0.266 e. The highest BCUT2D eigenvalue weighted by Crippen LogP contribution is 2.37. The second kappa shape index (κ2) is 5.74. The first-order valence-corrected chi connectivity index (χ1v) is 9.33. The van der Waals surface area contributed by atoms with Crippen LogP contribution in [0, 0.1) is 0 Å². The van der Waals surface area contributed by atoms with Gasteiger partial charge in [-0.15, -0.1) is 11.3 Å². The quantitative estimate of drug-likeness (QED) is 0.646. The van der Waals surface area contributed by atoms with Crippen LogP contribution in [-0.4, -0.2) is 15.5 Å². The van der Waals surface area contributed by atoms with Crippen molar-refractivity contribution in [2.45, 2.75) is 4.90 Å². The fourth-order valence-electron chi connectivity index (χ4n) is 2.16. The van der Waals surface area contributed by atoms with Gasteiger partial charge in [-0.05, 0) is 29.0 Å². The van der Waals surface area contributed by atoms with E-state index in [9.17, 15) is 8.42 Å². The lowest BCUT2D eigenvalue weighted by Crippen LogP contribution is -2.26. The molecule has 0 fully saturated rings. The summed E-state index contributed by atoms with van der Waals surface area (Å²) in [7, 11) is -2.24. The number of thiophene rings is 1. The third kappa shape index (κ3) is 2.70. The van der Waals surface area contributed by atoms with Gasteiger partial charge in [-0.2, -0.15) is 0 Å². The maximum Gasteiger partial charge on any atom is 0.266 e. The Labute approximate surface area is 142 Å². The molecule has 0 aliphatic heterocycles. The van der Waals surface area contributed by atoms with Crippen LogP contribution in [0.25, 0.3) is 10.8 Å². The van der Waals surface area contributed by atoms with Gasteiger partial charge in [0.1, 0.15) is 9.23 Å². The molecule has 114 valence electrons. The van der Waals surface area contributed by atoms with Crippen molar-refractivity contribution in [2.75, 3.05) is 11.4 Å². The van der Waals surface area contributed by atoms with Gasteiger partial charge in [0, 0.05) is 7.05 Å². The zero-order valence-electron chi connectivity index (χ0n) is 11.5. The van der Waals surface area contributed by atoms with Gasteiger partial charge in [0.15, 0.2) is 0 Å². The molecule has 0 saturated carbocycles. The molecule has 0 amide bonds. The molecular formula is C15H11Cl2NO2S2. The van der Waals surface area contributed by atoms with Crippen LogP contribution in [0.2, 0.25) is 8.67 Å². The summed E-state index contributed by atoms with van der Waals surface area (Å²) in [5, 5.41) is 2.02. The molecule has 3 rings (SSSR count). The second-order valence-electron chi connectivity index (χ2n) is 4.69. The van der Waals surface area contributed by atoms with Crippen LogP contribution < -0.4 is 4.31 Å². The number of benzene rings is 2. The Morgan fingerprint density at radius 1 is 1.00 bits per heavy atom. The summed E-state index contributed by atoms with van der Waals surface area (Å²) in [4.78, 5) is 0.0276. The minimum atomic E-state index is -3.74. The standard InChI is InChI=1S/C15H11Cl2NO2S2/c1-18(22(19,20)13-9-14(16)21-15(13)17)12-7-6-10-4-2-3-5-11(10)8-12/h2-9H,1H3. The van der Waals surface area contributed by atoms with Crippen molar-refractivity contribution < 1.29 is 8.42 Å². The third-order valence-electron chi connectivity index (χ3n) is 3.36. The topological polar surface area (TPSA) is 37.4 Å². The zero-order valence-corrected chi connectivity index (χ0v) is 14.6. The van der Waals surface area contributed by atoms with Crippen molar-refractivity contribution in [1.29, 1.82) is 0 Å². The number of nitrogens with zero attached hydrogens (tertiary/aromatic N) is 1. The molecule has 0 bridgehead atoms. The van der Waals surface area contributed by atoms with Gasteiger partial charge in [0.05, 0.1) is 10.0 Å². The van der Waals surface area contributed by atoms with Crippen LogP contribution in [0.5, 0.6) is 0 Å². The van der Waals surface area contributed by atoms with Gasteiger partial charge >= 0.3 is 0 Å². The van der Waals surface area contributed by atoms with E-state index in [4.69, 9.17) is 23.2 Å². The number of anilines is 1. The Morgan fingerprint density at radius 3 is 2.32 bits per heavy atom. The van der Waals surface area contributed by atoms with Gasteiger partial charge in [-0.3, -0.25) is 4.31 Å². The van der Waals surface area contributed by atoms with Crippen molar-refractivity contribution in [1.82, 2.24) is 0 Å². The maximum atomic E-state index is 12.7. The normalized spacial score (nSPS) is 11.8. The highest BCUT2D eigenvalue weighted by Gasteiger charge is 2.26. The maximum absolute atomic E-state index is 12.7. The number of halogens is 2. The van der Waals surface area contributed by atoms with E-state index in [2.05, 4.69) is 0 Å². The predicted octanol–water partition coefficient (Wildman–Crippen LogP) is 5.03. The van der Waals surface area contributed by atoms with E-state index < -0.39 is 10.0 Å². The van der Waals surface area contributed by atoms with E-state index in [-0.39, 0.29) is 9.23 Å². The largest absolute Gasteiger partial charge is 0.269 e. The molecule has 0 N–H and O–H groups in total. The van der Waals surface area contributed by atoms with Crippen LogP contribution in [0.3, 0.4) is 0 Å². The molecule has 22 heavy (non-hydrogen) atoms. The average molecular weight is 372 g/mol. The summed E-state index contributed by atoms with van der Waals surface area (Å²) >= 11 is 12.9. The minimum absolute atomic E-state index is 0.0276. The van der Waals surface area contributed by atoms with E-state index >= 15 is 0 Å². The summed E-state index contributed by atoms with van der Waals surface area (Å²) in [6.07, 6.45) is 0. The Hall–Kier alpha value is -1.27.